The van der Waals surface area contributed by atoms with Gasteiger partial charge in [0.25, 0.3) is 5.91 Å². The predicted molar refractivity (Wildman–Crippen MR) is 94.7 cm³/mol. The summed E-state index contributed by atoms with van der Waals surface area (Å²) >= 11 is 0. The minimum Gasteiger partial charge on any atom is -0.489 e. The minimum absolute atomic E-state index is 0.268. The Labute approximate surface area is 141 Å². The van der Waals surface area contributed by atoms with E-state index in [9.17, 15) is 4.79 Å². The molecule has 120 valence electrons. The Hall–Kier alpha value is -3.11. The Kier molecular flexibility index (Phi) is 4.89. The van der Waals surface area contributed by atoms with Gasteiger partial charge in [0.05, 0.1) is 5.69 Å². The van der Waals surface area contributed by atoms with Gasteiger partial charge in [-0.05, 0) is 29.8 Å². The third kappa shape index (κ3) is 3.80. The lowest BCUT2D eigenvalue weighted by Gasteiger charge is -2.17. The molecule has 3 aromatic carbocycles. The average Bonchev–Trinajstić information content (AvgIpc) is 2.67. The summed E-state index contributed by atoms with van der Waals surface area (Å²) in [6.07, 6.45) is 0. The molecule has 0 saturated heterocycles. The van der Waals surface area contributed by atoms with Crippen molar-refractivity contribution in [2.75, 3.05) is 5.01 Å². The molecule has 0 aliphatic heterocycles. The molecular formula is C20H18N2O2. The Morgan fingerprint density at radius 3 is 2.25 bits per heavy atom. The lowest BCUT2D eigenvalue weighted by Crippen LogP contribution is -2.37. The lowest BCUT2D eigenvalue weighted by atomic mass is 10.2. The van der Waals surface area contributed by atoms with Gasteiger partial charge in [-0.25, -0.2) is 10.9 Å². The molecule has 0 spiro atoms. The molecule has 0 aliphatic carbocycles. The van der Waals surface area contributed by atoms with Crippen molar-refractivity contribution < 1.29 is 9.53 Å². The molecule has 0 aliphatic rings. The second-order valence-electron chi connectivity index (χ2n) is 5.31. The summed E-state index contributed by atoms with van der Waals surface area (Å²) < 4.78 is 5.77. The number of hydrogen-bond acceptors (Lipinski definition) is 3. The van der Waals surface area contributed by atoms with Crippen molar-refractivity contribution in [3.8, 4) is 5.75 Å². The summed E-state index contributed by atoms with van der Waals surface area (Å²) in [6, 6.07) is 26.0. The van der Waals surface area contributed by atoms with Crippen LogP contribution < -0.4 is 15.6 Å². The van der Waals surface area contributed by atoms with Crippen LogP contribution >= 0.6 is 0 Å². The van der Waals surface area contributed by atoms with Gasteiger partial charge in [0, 0.05) is 11.6 Å². The van der Waals surface area contributed by atoms with E-state index in [2.05, 4.69) is 0 Å². The molecule has 2 N–H and O–H groups in total. The van der Waals surface area contributed by atoms with E-state index in [0.29, 0.717) is 23.6 Å². The van der Waals surface area contributed by atoms with E-state index in [1.54, 1.807) is 36.4 Å². The molecule has 0 bridgehead atoms. The summed E-state index contributed by atoms with van der Waals surface area (Å²) in [5, 5.41) is 1.13. The number of nitrogens with zero attached hydrogens (tertiary/aromatic N) is 1. The van der Waals surface area contributed by atoms with Crippen LogP contribution in [0.5, 0.6) is 5.75 Å². The molecule has 0 aromatic heterocycles. The normalized spacial score (nSPS) is 10.2. The van der Waals surface area contributed by atoms with Gasteiger partial charge in [-0.15, -0.1) is 0 Å². The number of benzene rings is 3. The number of ether oxygens (including phenoxy) is 1. The number of nitrogens with two attached hydrogens (primary N) is 1. The van der Waals surface area contributed by atoms with Gasteiger partial charge in [-0.3, -0.25) is 4.79 Å². The second kappa shape index (κ2) is 7.44. The Morgan fingerprint density at radius 1 is 0.875 bits per heavy atom. The van der Waals surface area contributed by atoms with E-state index in [0.717, 1.165) is 10.6 Å². The fraction of sp³-hybridized carbons (Fsp3) is 0.0500. The first-order valence-corrected chi connectivity index (χ1v) is 7.65. The lowest BCUT2D eigenvalue weighted by molar-refractivity contribution is 0.0987. The molecule has 0 heterocycles. The quantitative estimate of drug-likeness (QED) is 0.442. The van der Waals surface area contributed by atoms with Crippen molar-refractivity contribution in [2.45, 2.75) is 6.61 Å². The molecule has 0 saturated carbocycles. The standard InChI is InChI=1S/C20H18N2O2/c21-22(20(23)17-10-5-2-6-11-17)18-12-7-13-19(14-18)24-15-16-8-3-1-4-9-16/h1-14H,15,21H2. The molecule has 3 rings (SSSR count). The first-order chi connectivity index (χ1) is 11.7. The van der Waals surface area contributed by atoms with Crippen molar-refractivity contribution in [1.82, 2.24) is 0 Å². The van der Waals surface area contributed by atoms with Gasteiger partial charge >= 0.3 is 0 Å². The zero-order chi connectivity index (χ0) is 16.8. The maximum absolute atomic E-state index is 12.4. The Morgan fingerprint density at radius 2 is 1.54 bits per heavy atom. The van der Waals surface area contributed by atoms with Crippen molar-refractivity contribution in [3.05, 3.63) is 96.1 Å². The molecule has 4 nitrogen and oxygen atoms in total. The largest absolute Gasteiger partial charge is 0.489 e. The van der Waals surface area contributed by atoms with Crippen LogP contribution in [0.1, 0.15) is 15.9 Å². The minimum atomic E-state index is -0.268. The highest BCUT2D eigenvalue weighted by molar-refractivity contribution is 6.05. The number of carbonyl (C=O) groups is 1. The van der Waals surface area contributed by atoms with E-state index in [1.165, 1.54) is 0 Å². The zero-order valence-corrected chi connectivity index (χ0v) is 13.1. The first-order valence-electron chi connectivity index (χ1n) is 7.65. The van der Waals surface area contributed by atoms with Crippen molar-refractivity contribution in [1.29, 1.82) is 0 Å². The number of carbonyl (C=O) groups excluding carboxylic acids is 1. The number of anilines is 1. The van der Waals surface area contributed by atoms with E-state index >= 15 is 0 Å². The molecule has 4 heteroatoms. The summed E-state index contributed by atoms with van der Waals surface area (Å²) in [4.78, 5) is 12.4. The molecule has 24 heavy (non-hydrogen) atoms. The van der Waals surface area contributed by atoms with Crippen LogP contribution in [0.15, 0.2) is 84.9 Å². The van der Waals surface area contributed by atoms with Gasteiger partial charge in [0.15, 0.2) is 0 Å². The maximum atomic E-state index is 12.4. The molecule has 3 aromatic rings. The summed E-state index contributed by atoms with van der Waals surface area (Å²) in [6.45, 7) is 0.460. The van der Waals surface area contributed by atoms with Crippen molar-refractivity contribution in [3.63, 3.8) is 0 Å². The SMILES string of the molecule is NN(C(=O)c1ccccc1)c1cccc(OCc2ccccc2)c1. The van der Waals surface area contributed by atoms with Crippen LogP contribution in [0.25, 0.3) is 0 Å². The van der Waals surface area contributed by atoms with Crippen LogP contribution in [-0.2, 0) is 6.61 Å². The van der Waals surface area contributed by atoms with Gasteiger partial charge in [0.1, 0.15) is 12.4 Å². The molecule has 0 radical (unpaired) electrons. The van der Waals surface area contributed by atoms with E-state index < -0.39 is 0 Å². The number of rotatable bonds is 5. The fourth-order valence-corrected chi connectivity index (χ4v) is 2.30. The monoisotopic (exact) mass is 318 g/mol. The molecule has 0 unspecified atom stereocenters. The van der Waals surface area contributed by atoms with E-state index in [1.807, 2.05) is 48.5 Å². The van der Waals surface area contributed by atoms with Crippen molar-refractivity contribution in [2.24, 2.45) is 5.84 Å². The van der Waals surface area contributed by atoms with Crippen LogP contribution in [-0.4, -0.2) is 5.91 Å². The van der Waals surface area contributed by atoms with Gasteiger partial charge in [0.2, 0.25) is 0 Å². The Balaban J connectivity index is 1.71. The van der Waals surface area contributed by atoms with Gasteiger partial charge in [-0.1, -0.05) is 54.6 Å². The van der Waals surface area contributed by atoms with E-state index in [4.69, 9.17) is 10.6 Å². The van der Waals surface area contributed by atoms with Crippen LogP contribution in [0.4, 0.5) is 5.69 Å². The highest BCUT2D eigenvalue weighted by Crippen LogP contribution is 2.21. The van der Waals surface area contributed by atoms with Gasteiger partial charge < -0.3 is 4.74 Å². The Bertz CT molecular complexity index is 804. The molecule has 0 fully saturated rings. The molecular weight excluding hydrogens is 300 g/mol. The third-order valence-corrected chi connectivity index (χ3v) is 3.58. The van der Waals surface area contributed by atoms with E-state index in [-0.39, 0.29) is 5.91 Å². The fourth-order valence-electron chi connectivity index (χ4n) is 2.30. The molecule has 0 atom stereocenters. The van der Waals surface area contributed by atoms with Crippen molar-refractivity contribution >= 4 is 11.6 Å². The summed E-state index contributed by atoms with van der Waals surface area (Å²) in [5.41, 5.74) is 2.19. The molecule has 1 amide bonds. The number of hydrazine groups is 1. The first kappa shape index (κ1) is 15.8. The van der Waals surface area contributed by atoms with Crippen LogP contribution in [0.3, 0.4) is 0 Å². The third-order valence-electron chi connectivity index (χ3n) is 3.58. The second-order valence-corrected chi connectivity index (χ2v) is 5.31. The topological polar surface area (TPSA) is 55.6 Å². The highest BCUT2D eigenvalue weighted by Gasteiger charge is 2.14. The summed E-state index contributed by atoms with van der Waals surface area (Å²) in [7, 11) is 0. The van der Waals surface area contributed by atoms with Crippen LogP contribution in [0.2, 0.25) is 0 Å². The zero-order valence-electron chi connectivity index (χ0n) is 13.1. The number of amides is 1. The highest BCUT2D eigenvalue weighted by atomic mass is 16.5. The average molecular weight is 318 g/mol. The smallest absolute Gasteiger partial charge is 0.272 e. The number of hydrogen-bond donors (Lipinski definition) is 1. The predicted octanol–water partition coefficient (Wildman–Crippen LogP) is 3.79. The summed E-state index contributed by atoms with van der Waals surface area (Å²) in [5.74, 6) is 6.37. The maximum Gasteiger partial charge on any atom is 0.272 e. The van der Waals surface area contributed by atoms with Gasteiger partial charge in [-0.2, -0.15) is 0 Å². The van der Waals surface area contributed by atoms with Crippen LogP contribution in [0, 0.1) is 0 Å².